The quantitative estimate of drug-likeness (QED) is 0.682. The van der Waals surface area contributed by atoms with Crippen molar-refractivity contribution >= 4 is 11.7 Å². The van der Waals surface area contributed by atoms with Gasteiger partial charge in [0.2, 0.25) is 0 Å². The average molecular weight is 263 g/mol. The van der Waals surface area contributed by atoms with Crippen molar-refractivity contribution in [3.05, 3.63) is 24.4 Å². The van der Waals surface area contributed by atoms with Crippen molar-refractivity contribution in [2.75, 3.05) is 18.5 Å². The van der Waals surface area contributed by atoms with Gasteiger partial charge in [-0.25, -0.2) is 4.98 Å². The summed E-state index contributed by atoms with van der Waals surface area (Å²) in [6, 6.07) is 6.09. The number of aromatic nitrogens is 1. The Morgan fingerprint density at radius 2 is 2.42 bits per heavy atom. The van der Waals surface area contributed by atoms with Crippen LogP contribution in [0.25, 0.3) is 0 Å². The van der Waals surface area contributed by atoms with Gasteiger partial charge in [0.25, 0.3) is 5.91 Å². The van der Waals surface area contributed by atoms with E-state index in [0.29, 0.717) is 18.4 Å². The zero-order valence-corrected chi connectivity index (χ0v) is 11.2. The molecule has 1 aliphatic rings. The van der Waals surface area contributed by atoms with Crippen molar-refractivity contribution in [3.63, 3.8) is 0 Å². The largest absolute Gasteiger partial charge is 0.328 e. The summed E-state index contributed by atoms with van der Waals surface area (Å²) in [7, 11) is 0. The lowest BCUT2D eigenvalue weighted by Crippen LogP contribution is -2.49. The molecule has 2 atom stereocenters. The second-order valence-electron chi connectivity index (χ2n) is 4.99. The SMILES string of the molecule is CC1CC(N)CCN1CC(=O)NNc1ccccn1. The topological polar surface area (TPSA) is 83.3 Å². The van der Waals surface area contributed by atoms with Crippen LogP contribution in [0.3, 0.4) is 0 Å². The van der Waals surface area contributed by atoms with E-state index in [1.165, 1.54) is 0 Å². The van der Waals surface area contributed by atoms with Crippen molar-refractivity contribution in [2.45, 2.75) is 31.8 Å². The molecular formula is C13H21N5O. The molecule has 19 heavy (non-hydrogen) atoms. The smallest absolute Gasteiger partial charge is 0.252 e. The van der Waals surface area contributed by atoms with Gasteiger partial charge in [0.15, 0.2) is 0 Å². The minimum Gasteiger partial charge on any atom is -0.328 e. The fourth-order valence-corrected chi connectivity index (χ4v) is 2.29. The molecule has 2 unspecified atom stereocenters. The fourth-order valence-electron chi connectivity index (χ4n) is 2.29. The van der Waals surface area contributed by atoms with Crippen LogP contribution in [-0.4, -0.2) is 41.0 Å². The summed E-state index contributed by atoms with van der Waals surface area (Å²) in [5.41, 5.74) is 11.4. The van der Waals surface area contributed by atoms with Crippen LogP contribution >= 0.6 is 0 Å². The third-order valence-electron chi connectivity index (χ3n) is 3.40. The van der Waals surface area contributed by atoms with E-state index in [9.17, 15) is 4.79 Å². The molecule has 0 aromatic carbocycles. The van der Waals surface area contributed by atoms with Crippen molar-refractivity contribution in [2.24, 2.45) is 5.73 Å². The summed E-state index contributed by atoms with van der Waals surface area (Å²) in [4.78, 5) is 18.1. The number of amides is 1. The lowest BCUT2D eigenvalue weighted by molar-refractivity contribution is -0.122. The first-order chi connectivity index (χ1) is 9.15. The predicted octanol–water partition coefficient (Wildman–Crippen LogP) is 0.336. The number of hydrazine groups is 1. The molecule has 6 heteroatoms. The zero-order valence-electron chi connectivity index (χ0n) is 11.2. The Hall–Kier alpha value is -1.66. The van der Waals surface area contributed by atoms with Crippen LogP contribution in [0.2, 0.25) is 0 Å². The number of hydrogen-bond donors (Lipinski definition) is 3. The number of nitrogens with one attached hydrogen (secondary N) is 2. The Bertz CT molecular complexity index is 411. The van der Waals surface area contributed by atoms with Crippen molar-refractivity contribution < 1.29 is 4.79 Å². The summed E-state index contributed by atoms with van der Waals surface area (Å²) in [6.45, 7) is 3.37. The molecule has 0 saturated carbocycles. The van der Waals surface area contributed by atoms with Gasteiger partial charge in [-0.05, 0) is 31.9 Å². The van der Waals surface area contributed by atoms with Gasteiger partial charge in [-0.2, -0.15) is 0 Å². The van der Waals surface area contributed by atoms with E-state index >= 15 is 0 Å². The Morgan fingerprint density at radius 3 is 3.11 bits per heavy atom. The van der Waals surface area contributed by atoms with E-state index in [2.05, 4.69) is 27.7 Å². The molecule has 0 spiro atoms. The summed E-state index contributed by atoms with van der Waals surface area (Å²) in [5, 5.41) is 0. The van der Waals surface area contributed by atoms with E-state index in [0.717, 1.165) is 19.4 Å². The molecule has 1 aromatic rings. The number of pyridine rings is 1. The molecule has 1 fully saturated rings. The van der Waals surface area contributed by atoms with Gasteiger partial charge in [-0.15, -0.1) is 0 Å². The number of carbonyl (C=O) groups excluding carboxylic acids is 1. The van der Waals surface area contributed by atoms with Gasteiger partial charge >= 0.3 is 0 Å². The second-order valence-corrected chi connectivity index (χ2v) is 4.99. The fraction of sp³-hybridized carbons (Fsp3) is 0.538. The van der Waals surface area contributed by atoms with E-state index in [-0.39, 0.29) is 11.9 Å². The van der Waals surface area contributed by atoms with Gasteiger partial charge in [-0.3, -0.25) is 20.5 Å². The molecule has 0 radical (unpaired) electrons. The molecule has 6 nitrogen and oxygen atoms in total. The summed E-state index contributed by atoms with van der Waals surface area (Å²) in [5.74, 6) is 0.567. The van der Waals surface area contributed by atoms with E-state index < -0.39 is 0 Å². The zero-order chi connectivity index (χ0) is 13.7. The van der Waals surface area contributed by atoms with Crippen molar-refractivity contribution in [3.8, 4) is 0 Å². The number of nitrogens with zero attached hydrogens (tertiary/aromatic N) is 2. The Labute approximate surface area is 113 Å². The molecule has 4 N–H and O–H groups in total. The number of anilines is 1. The highest BCUT2D eigenvalue weighted by atomic mass is 16.2. The maximum Gasteiger partial charge on any atom is 0.252 e. The number of likely N-dealkylation sites (tertiary alicyclic amines) is 1. The third-order valence-corrected chi connectivity index (χ3v) is 3.40. The summed E-state index contributed by atoms with van der Waals surface area (Å²) >= 11 is 0. The molecule has 2 heterocycles. The van der Waals surface area contributed by atoms with Gasteiger partial charge in [0.05, 0.1) is 6.54 Å². The van der Waals surface area contributed by atoms with Crippen LogP contribution in [0.5, 0.6) is 0 Å². The molecule has 104 valence electrons. The average Bonchev–Trinajstić information content (AvgIpc) is 2.41. The second kappa shape index (κ2) is 6.49. The maximum absolute atomic E-state index is 11.8. The first-order valence-electron chi connectivity index (χ1n) is 6.60. The standard InChI is InChI=1S/C13H21N5O/c1-10-8-11(14)5-7-18(10)9-13(19)17-16-12-4-2-3-6-15-12/h2-4,6,10-11H,5,7-9,14H2,1H3,(H,15,16)(H,17,19). The lowest BCUT2D eigenvalue weighted by Gasteiger charge is -2.35. The van der Waals surface area contributed by atoms with Gasteiger partial charge in [0.1, 0.15) is 5.82 Å². The number of piperidine rings is 1. The predicted molar refractivity (Wildman–Crippen MR) is 74.2 cm³/mol. The molecule has 1 aromatic heterocycles. The number of hydrogen-bond acceptors (Lipinski definition) is 5. The van der Waals surface area contributed by atoms with E-state index in [1.807, 2.05) is 12.1 Å². The minimum atomic E-state index is -0.0621. The van der Waals surface area contributed by atoms with E-state index in [1.54, 1.807) is 12.3 Å². The third kappa shape index (κ3) is 4.18. The number of nitrogens with two attached hydrogens (primary N) is 1. The van der Waals surface area contributed by atoms with Gasteiger partial charge in [0, 0.05) is 24.8 Å². The van der Waals surface area contributed by atoms with Gasteiger partial charge in [-0.1, -0.05) is 6.07 Å². The van der Waals surface area contributed by atoms with Gasteiger partial charge < -0.3 is 5.73 Å². The van der Waals surface area contributed by atoms with Crippen LogP contribution in [-0.2, 0) is 4.79 Å². The van der Waals surface area contributed by atoms with Crippen LogP contribution in [0.4, 0.5) is 5.82 Å². The van der Waals surface area contributed by atoms with Crippen LogP contribution < -0.4 is 16.6 Å². The maximum atomic E-state index is 11.8. The van der Waals surface area contributed by atoms with Crippen LogP contribution in [0.1, 0.15) is 19.8 Å². The lowest BCUT2D eigenvalue weighted by atomic mass is 9.99. The molecule has 0 bridgehead atoms. The monoisotopic (exact) mass is 263 g/mol. The highest BCUT2D eigenvalue weighted by Gasteiger charge is 2.24. The molecule has 1 saturated heterocycles. The number of carbonyl (C=O) groups is 1. The Kier molecular flexibility index (Phi) is 4.70. The first kappa shape index (κ1) is 13.8. The first-order valence-corrected chi connectivity index (χ1v) is 6.60. The van der Waals surface area contributed by atoms with Crippen LogP contribution in [0.15, 0.2) is 24.4 Å². The Balaban J connectivity index is 1.75. The molecular weight excluding hydrogens is 242 g/mol. The van der Waals surface area contributed by atoms with Crippen molar-refractivity contribution in [1.82, 2.24) is 15.3 Å². The Morgan fingerprint density at radius 1 is 1.58 bits per heavy atom. The van der Waals surface area contributed by atoms with Crippen LogP contribution in [0, 0.1) is 0 Å². The molecule has 2 rings (SSSR count). The summed E-state index contributed by atoms with van der Waals surface area (Å²) in [6.07, 6.45) is 3.56. The normalized spacial score (nSPS) is 23.9. The van der Waals surface area contributed by atoms with E-state index in [4.69, 9.17) is 5.73 Å². The highest BCUT2D eigenvalue weighted by Crippen LogP contribution is 2.15. The summed E-state index contributed by atoms with van der Waals surface area (Å²) < 4.78 is 0. The number of rotatable bonds is 4. The highest BCUT2D eigenvalue weighted by molar-refractivity contribution is 5.79. The molecule has 1 amide bonds. The van der Waals surface area contributed by atoms with Crippen molar-refractivity contribution in [1.29, 1.82) is 0 Å². The minimum absolute atomic E-state index is 0.0621. The molecule has 1 aliphatic heterocycles. The molecule has 0 aliphatic carbocycles.